The third-order valence-electron chi connectivity index (χ3n) is 5.24. The van der Waals surface area contributed by atoms with E-state index in [0.717, 1.165) is 29.0 Å². The number of benzene rings is 2. The Morgan fingerprint density at radius 1 is 0.943 bits per heavy atom. The molecule has 2 aromatic carbocycles. The van der Waals surface area contributed by atoms with Gasteiger partial charge in [0.15, 0.2) is 6.04 Å². The maximum absolute atomic E-state index is 13.2. The summed E-state index contributed by atoms with van der Waals surface area (Å²) in [5.74, 6) is -1.86. The van der Waals surface area contributed by atoms with Gasteiger partial charge in [-0.1, -0.05) is 67.9 Å². The molecule has 0 aliphatic heterocycles. The fourth-order valence-electron chi connectivity index (χ4n) is 3.56. The molecule has 190 valence electrons. The molecule has 2 aromatic rings. The quantitative estimate of drug-likeness (QED) is 0.364. The first-order valence-corrected chi connectivity index (χ1v) is 11.7. The Kier molecular flexibility index (Phi) is 10.3. The maximum Gasteiger partial charge on any atom is 0.425 e. The third-order valence-corrected chi connectivity index (χ3v) is 5.24. The highest BCUT2D eigenvalue weighted by molar-refractivity contribution is 5.82. The Morgan fingerprint density at radius 3 is 2.03 bits per heavy atom. The standard InChI is InChI=1S/C27H36N2O6/c1-6-10-19-13-15-21(16-14-19)17-22(24(30)31)28-29(26(33)35-27(2,3)4)23(25(32)34-5)18-20-11-8-7-9-12-20/h7-9,11-16,22-23,28H,6,10,17-18H2,1-5H3,(H,30,31)/t22-,23-/m0/s1. The van der Waals surface area contributed by atoms with Crippen molar-refractivity contribution in [3.05, 3.63) is 71.3 Å². The Bertz CT molecular complexity index is 969. The number of rotatable bonds is 11. The lowest BCUT2D eigenvalue weighted by Gasteiger charge is -2.34. The Morgan fingerprint density at radius 2 is 1.51 bits per heavy atom. The summed E-state index contributed by atoms with van der Waals surface area (Å²) in [6.07, 6.45) is 1.29. The zero-order valence-corrected chi connectivity index (χ0v) is 21.1. The van der Waals surface area contributed by atoms with Gasteiger partial charge in [-0.3, -0.25) is 4.79 Å². The van der Waals surface area contributed by atoms with Crippen LogP contribution in [0.15, 0.2) is 54.6 Å². The van der Waals surface area contributed by atoms with Gasteiger partial charge in [-0.25, -0.2) is 20.0 Å². The second-order valence-corrected chi connectivity index (χ2v) is 9.37. The van der Waals surface area contributed by atoms with Crippen molar-refractivity contribution >= 4 is 18.0 Å². The van der Waals surface area contributed by atoms with E-state index in [1.807, 2.05) is 54.6 Å². The topological polar surface area (TPSA) is 105 Å². The number of carboxylic acids is 1. The molecule has 0 bridgehead atoms. The number of carbonyl (C=O) groups is 3. The molecule has 2 rings (SSSR count). The molecule has 0 saturated carbocycles. The number of ether oxygens (including phenoxy) is 2. The van der Waals surface area contributed by atoms with Gasteiger partial charge in [0.2, 0.25) is 0 Å². The number of carboxylic acid groups (broad SMARTS) is 1. The minimum absolute atomic E-state index is 0.0975. The molecule has 8 heteroatoms. The summed E-state index contributed by atoms with van der Waals surface area (Å²) in [6, 6.07) is 14.5. The second-order valence-electron chi connectivity index (χ2n) is 9.37. The molecule has 35 heavy (non-hydrogen) atoms. The van der Waals surface area contributed by atoms with E-state index in [4.69, 9.17) is 9.47 Å². The molecule has 2 N–H and O–H groups in total. The van der Waals surface area contributed by atoms with E-state index in [1.54, 1.807) is 20.8 Å². The average Bonchev–Trinajstić information content (AvgIpc) is 2.80. The number of nitrogens with one attached hydrogen (secondary N) is 1. The van der Waals surface area contributed by atoms with Gasteiger partial charge >= 0.3 is 18.0 Å². The van der Waals surface area contributed by atoms with Crippen LogP contribution in [-0.2, 0) is 38.3 Å². The van der Waals surface area contributed by atoms with Gasteiger partial charge < -0.3 is 14.6 Å². The molecular formula is C27H36N2O6. The van der Waals surface area contributed by atoms with E-state index in [-0.39, 0.29) is 12.8 Å². The van der Waals surface area contributed by atoms with Gasteiger partial charge in [-0.2, -0.15) is 0 Å². The van der Waals surface area contributed by atoms with E-state index in [1.165, 1.54) is 12.7 Å². The Balaban J connectivity index is 2.37. The second kappa shape index (κ2) is 12.9. The van der Waals surface area contributed by atoms with E-state index < -0.39 is 35.7 Å². The first-order chi connectivity index (χ1) is 16.5. The molecule has 0 aliphatic carbocycles. The summed E-state index contributed by atoms with van der Waals surface area (Å²) in [7, 11) is 1.22. The molecule has 0 unspecified atom stereocenters. The van der Waals surface area contributed by atoms with E-state index in [2.05, 4.69) is 12.3 Å². The van der Waals surface area contributed by atoms with Crippen molar-refractivity contribution in [2.45, 2.75) is 71.1 Å². The average molecular weight is 485 g/mol. The Labute approximate surface area is 207 Å². The minimum atomic E-state index is -1.19. The van der Waals surface area contributed by atoms with Crippen molar-refractivity contribution < 1.29 is 29.0 Å². The molecule has 0 saturated heterocycles. The third kappa shape index (κ3) is 9.05. The van der Waals surface area contributed by atoms with Crippen molar-refractivity contribution in [3.8, 4) is 0 Å². The summed E-state index contributed by atoms with van der Waals surface area (Å²) in [4.78, 5) is 38.1. The largest absolute Gasteiger partial charge is 0.480 e. The number of amides is 1. The number of hydrazine groups is 1. The van der Waals surface area contributed by atoms with Crippen LogP contribution >= 0.6 is 0 Å². The number of esters is 1. The number of methoxy groups -OCH3 is 1. The zero-order chi connectivity index (χ0) is 26.0. The number of aliphatic carboxylic acids is 1. The first-order valence-electron chi connectivity index (χ1n) is 11.7. The van der Waals surface area contributed by atoms with Crippen LogP contribution in [0.4, 0.5) is 4.79 Å². The van der Waals surface area contributed by atoms with Crippen LogP contribution in [0.3, 0.4) is 0 Å². The highest BCUT2D eigenvalue weighted by atomic mass is 16.6. The number of hydrogen-bond acceptors (Lipinski definition) is 6. The monoisotopic (exact) mass is 484 g/mol. The molecule has 0 heterocycles. The lowest BCUT2D eigenvalue weighted by Crippen LogP contribution is -2.60. The maximum atomic E-state index is 13.2. The molecule has 0 aliphatic rings. The molecule has 0 radical (unpaired) electrons. The van der Waals surface area contributed by atoms with Crippen LogP contribution in [-0.4, -0.2) is 52.9 Å². The normalized spacial score (nSPS) is 12.9. The van der Waals surface area contributed by atoms with Gasteiger partial charge in [0.1, 0.15) is 11.6 Å². The van der Waals surface area contributed by atoms with Crippen LogP contribution < -0.4 is 5.43 Å². The molecule has 1 amide bonds. The van der Waals surface area contributed by atoms with Gasteiger partial charge in [0.05, 0.1) is 7.11 Å². The number of carbonyl (C=O) groups excluding carboxylic acids is 2. The molecular weight excluding hydrogens is 448 g/mol. The van der Waals surface area contributed by atoms with Crippen molar-refractivity contribution in [3.63, 3.8) is 0 Å². The van der Waals surface area contributed by atoms with E-state index >= 15 is 0 Å². The summed E-state index contributed by atoms with van der Waals surface area (Å²) in [5.41, 5.74) is 4.62. The predicted octanol–water partition coefficient (Wildman–Crippen LogP) is 4.16. The van der Waals surface area contributed by atoms with Gasteiger partial charge in [0, 0.05) is 12.8 Å². The highest BCUT2D eigenvalue weighted by Crippen LogP contribution is 2.17. The molecule has 2 atom stereocenters. The lowest BCUT2D eigenvalue weighted by atomic mass is 10.0. The van der Waals surface area contributed by atoms with E-state index in [0.29, 0.717) is 0 Å². The van der Waals surface area contributed by atoms with Crippen LogP contribution in [0.5, 0.6) is 0 Å². The Hall–Kier alpha value is -3.39. The molecule has 8 nitrogen and oxygen atoms in total. The van der Waals surface area contributed by atoms with Crippen molar-refractivity contribution in [2.75, 3.05) is 7.11 Å². The van der Waals surface area contributed by atoms with Gasteiger partial charge in [0.25, 0.3) is 0 Å². The number of aryl methyl sites for hydroxylation is 1. The summed E-state index contributed by atoms with van der Waals surface area (Å²) in [6.45, 7) is 7.18. The minimum Gasteiger partial charge on any atom is -0.480 e. The van der Waals surface area contributed by atoms with Gasteiger partial charge in [-0.15, -0.1) is 0 Å². The summed E-state index contributed by atoms with van der Waals surface area (Å²) >= 11 is 0. The molecule has 0 aromatic heterocycles. The lowest BCUT2D eigenvalue weighted by molar-refractivity contribution is -0.151. The SMILES string of the molecule is CCCc1ccc(C[C@H](NN(C(=O)OC(C)(C)C)[C@@H](Cc2ccccc2)C(=O)OC)C(=O)O)cc1. The number of hydrogen-bond donors (Lipinski definition) is 2. The van der Waals surface area contributed by atoms with Crippen LogP contribution in [0, 0.1) is 0 Å². The van der Waals surface area contributed by atoms with Crippen molar-refractivity contribution in [1.82, 2.24) is 10.4 Å². The smallest absolute Gasteiger partial charge is 0.425 e. The highest BCUT2D eigenvalue weighted by Gasteiger charge is 2.37. The number of nitrogens with zero attached hydrogens (tertiary/aromatic N) is 1. The van der Waals surface area contributed by atoms with Crippen molar-refractivity contribution in [1.29, 1.82) is 0 Å². The predicted molar refractivity (Wildman–Crippen MR) is 133 cm³/mol. The zero-order valence-electron chi connectivity index (χ0n) is 21.1. The first kappa shape index (κ1) is 27.9. The van der Waals surface area contributed by atoms with Crippen molar-refractivity contribution in [2.24, 2.45) is 0 Å². The summed E-state index contributed by atoms with van der Waals surface area (Å²) < 4.78 is 10.5. The fourth-order valence-corrected chi connectivity index (χ4v) is 3.56. The summed E-state index contributed by atoms with van der Waals surface area (Å²) in [5, 5.41) is 10.9. The fraction of sp³-hybridized carbons (Fsp3) is 0.444. The van der Waals surface area contributed by atoms with Crippen LogP contribution in [0.2, 0.25) is 0 Å². The molecule has 0 spiro atoms. The van der Waals surface area contributed by atoms with Crippen LogP contribution in [0.1, 0.15) is 50.8 Å². The van der Waals surface area contributed by atoms with E-state index in [9.17, 15) is 19.5 Å². The van der Waals surface area contributed by atoms with Crippen LogP contribution in [0.25, 0.3) is 0 Å². The van der Waals surface area contributed by atoms with Gasteiger partial charge in [-0.05, 0) is 43.9 Å². The molecule has 0 fully saturated rings.